The standard InChI is InChI=1S/C27H31NO5/c1-4-32-21-13-8-10-19(16-21)25(29)23-24(18-9-7-14-22(15-18)33-17(2)3)28(27(31)26(23)30)20-11-5-6-12-20/h7-10,13-17,20,24,29H,4-6,11-12H2,1-3H3/b25-23-. The summed E-state index contributed by atoms with van der Waals surface area (Å²) in [5.74, 6) is -0.130. The number of aliphatic hydroxyl groups is 1. The van der Waals surface area contributed by atoms with Crippen LogP contribution in [0.5, 0.6) is 11.5 Å². The summed E-state index contributed by atoms with van der Waals surface area (Å²) in [4.78, 5) is 28.2. The van der Waals surface area contributed by atoms with E-state index in [9.17, 15) is 14.7 Å². The number of ether oxygens (including phenoxy) is 2. The summed E-state index contributed by atoms with van der Waals surface area (Å²) in [7, 11) is 0. The maximum atomic E-state index is 13.3. The number of nitrogens with zero attached hydrogens (tertiary/aromatic N) is 1. The fraction of sp³-hybridized carbons (Fsp3) is 0.407. The van der Waals surface area contributed by atoms with Gasteiger partial charge in [0.25, 0.3) is 11.7 Å². The van der Waals surface area contributed by atoms with Crippen LogP contribution >= 0.6 is 0 Å². The predicted molar refractivity (Wildman–Crippen MR) is 126 cm³/mol. The largest absolute Gasteiger partial charge is 0.507 e. The molecule has 1 aliphatic carbocycles. The van der Waals surface area contributed by atoms with E-state index in [1.165, 1.54) is 0 Å². The lowest BCUT2D eigenvalue weighted by molar-refractivity contribution is -0.141. The highest BCUT2D eigenvalue weighted by molar-refractivity contribution is 6.46. The number of ketones is 1. The SMILES string of the molecule is CCOc1cccc(/C(O)=C2/C(=O)C(=O)N(C3CCCC3)C2c2cccc(OC(C)C)c2)c1. The van der Waals surface area contributed by atoms with E-state index in [1.807, 2.05) is 45.0 Å². The van der Waals surface area contributed by atoms with Crippen LogP contribution in [-0.4, -0.2) is 40.4 Å². The predicted octanol–water partition coefficient (Wildman–Crippen LogP) is 5.24. The molecule has 0 aromatic heterocycles. The molecule has 1 amide bonds. The Morgan fingerprint density at radius 1 is 1.06 bits per heavy atom. The average Bonchev–Trinajstić information content (AvgIpc) is 3.40. The number of amides is 1. The van der Waals surface area contributed by atoms with E-state index in [1.54, 1.807) is 29.2 Å². The van der Waals surface area contributed by atoms with Crippen molar-refractivity contribution in [3.05, 3.63) is 65.2 Å². The van der Waals surface area contributed by atoms with Crippen LogP contribution in [0, 0.1) is 0 Å². The van der Waals surface area contributed by atoms with Gasteiger partial charge in [-0.25, -0.2) is 0 Å². The Labute approximate surface area is 194 Å². The normalized spacial score (nSPS) is 20.6. The molecular formula is C27H31NO5. The molecule has 4 rings (SSSR count). The van der Waals surface area contributed by atoms with E-state index in [0.29, 0.717) is 23.7 Å². The smallest absolute Gasteiger partial charge is 0.295 e. The number of hydrogen-bond donors (Lipinski definition) is 1. The third-order valence-electron chi connectivity index (χ3n) is 6.16. The van der Waals surface area contributed by atoms with Crippen LogP contribution in [0.15, 0.2) is 54.1 Å². The number of benzene rings is 2. The van der Waals surface area contributed by atoms with E-state index in [0.717, 1.165) is 31.2 Å². The number of Topliss-reactive ketones (excluding diaryl/α,β-unsaturated/α-hetero) is 1. The zero-order valence-electron chi connectivity index (χ0n) is 19.4. The second-order valence-corrected chi connectivity index (χ2v) is 8.84. The second kappa shape index (κ2) is 9.69. The Bertz CT molecular complexity index is 1070. The molecule has 33 heavy (non-hydrogen) atoms. The summed E-state index contributed by atoms with van der Waals surface area (Å²) in [6.07, 6.45) is 3.74. The highest BCUT2D eigenvalue weighted by atomic mass is 16.5. The summed E-state index contributed by atoms with van der Waals surface area (Å²) in [6, 6.07) is 13.7. The lowest BCUT2D eigenvalue weighted by Crippen LogP contribution is -2.37. The van der Waals surface area contributed by atoms with Crippen molar-refractivity contribution in [1.29, 1.82) is 0 Å². The lowest BCUT2D eigenvalue weighted by atomic mass is 9.94. The molecule has 1 aliphatic heterocycles. The zero-order chi connectivity index (χ0) is 23.5. The van der Waals surface area contributed by atoms with Crippen molar-refractivity contribution in [2.24, 2.45) is 0 Å². The Kier molecular flexibility index (Phi) is 6.72. The van der Waals surface area contributed by atoms with Crippen molar-refractivity contribution in [1.82, 2.24) is 4.90 Å². The molecule has 2 aromatic carbocycles. The molecule has 0 radical (unpaired) electrons. The van der Waals surface area contributed by atoms with Crippen LogP contribution in [-0.2, 0) is 9.59 Å². The summed E-state index contributed by atoms with van der Waals surface area (Å²) in [5.41, 5.74) is 1.31. The molecular weight excluding hydrogens is 418 g/mol. The number of carbonyl (C=O) groups is 2. The van der Waals surface area contributed by atoms with Gasteiger partial charge in [0.05, 0.1) is 24.3 Å². The Hall–Kier alpha value is -3.28. The molecule has 6 heteroatoms. The van der Waals surface area contributed by atoms with Gasteiger partial charge in [0.2, 0.25) is 0 Å². The van der Waals surface area contributed by atoms with E-state index in [4.69, 9.17) is 9.47 Å². The van der Waals surface area contributed by atoms with E-state index in [2.05, 4.69) is 0 Å². The third kappa shape index (κ3) is 4.61. The molecule has 6 nitrogen and oxygen atoms in total. The number of rotatable bonds is 7. The molecule has 2 aromatic rings. The van der Waals surface area contributed by atoms with Gasteiger partial charge in [-0.15, -0.1) is 0 Å². The molecule has 0 spiro atoms. The minimum absolute atomic E-state index is 0.0113. The van der Waals surface area contributed by atoms with Crippen LogP contribution in [0.2, 0.25) is 0 Å². The molecule has 1 atom stereocenters. The molecule has 2 fully saturated rings. The molecule has 1 saturated heterocycles. The van der Waals surface area contributed by atoms with E-state index in [-0.39, 0.29) is 23.5 Å². The van der Waals surface area contributed by atoms with Crippen molar-refractivity contribution in [2.75, 3.05) is 6.61 Å². The quantitative estimate of drug-likeness (QED) is 0.356. The highest BCUT2D eigenvalue weighted by Gasteiger charge is 2.49. The Morgan fingerprint density at radius 3 is 2.45 bits per heavy atom. The molecule has 1 heterocycles. The molecule has 174 valence electrons. The Morgan fingerprint density at radius 2 is 1.76 bits per heavy atom. The number of likely N-dealkylation sites (tertiary alicyclic amines) is 1. The third-order valence-corrected chi connectivity index (χ3v) is 6.16. The van der Waals surface area contributed by atoms with Gasteiger partial charge in [-0.05, 0) is 63.4 Å². The average molecular weight is 450 g/mol. The maximum absolute atomic E-state index is 13.3. The minimum atomic E-state index is -0.667. The lowest BCUT2D eigenvalue weighted by Gasteiger charge is -2.31. The van der Waals surface area contributed by atoms with Crippen molar-refractivity contribution in [3.8, 4) is 11.5 Å². The van der Waals surface area contributed by atoms with Gasteiger partial charge in [0, 0.05) is 11.6 Å². The first-order valence-corrected chi connectivity index (χ1v) is 11.7. The fourth-order valence-electron chi connectivity index (χ4n) is 4.82. The highest BCUT2D eigenvalue weighted by Crippen LogP contribution is 2.44. The molecule has 1 N–H and O–H groups in total. The minimum Gasteiger partial charge on any atom is -0.507 e. The topological polar surface area (TPSA) is 76.1 Å². The van der Waals surface area contributed by atoms with Gasteiger partial charge in [0.15, 0.2) is 0 Å². The molecule has 2 aliphatic rings. The van der Waals surface area contributed by atoms with Gasteiger partial charge in [-0.1, -0.05) is 37.1 Å². The first kappa shape index (κ1) is 22.9. The van der Waals surface area contributed by atoms with Gasteiger partial charge < -0.3 is 19.5 Å². The zero-order valence-corrected chi connectivity index (χ0v) is 19.4. The van der Waals surface area contributed by atoms with Crippen LogP contribution in [0.4, 0.5) is 0 Å². The molecule has 1 unspecified atom stereocenters. The van der Waals surface area contributed by atoms with Crippen molar-refractivity contribution in [2.45, 2.75) is 64.6 Å². The second-order valence-electron chi connectivity index (χ2n) is 8.84. The fourth-order valence-corrected chi connectivity index (χ4v) is 4.82. The van der Waals surface area contributed by atoms with Gasteiger partial charge in [0.1, 0.15) is 17.3 Å². The maximum Gasteiger partial charge on any atom is 0.295 e. The van der Waals surface area contributed by atoms with Crippen molar-refractivity contribution in [3.63, 3.8) is 0 Å². The van der Waals surface area contributed by atoms with Crippen molar-refractivity contribution >= 4 is 17.4 Å². The monoisotopic (exact) mass is 449 g/mol. The van der Waals surface area contributed by atoms with E-state index < -0.39 is 17.7 Å². The van der Waals surface area contributed by atoms with Gasteiger partial charge in [-0.3, -0.25) is 9.59 Å². The van der Waals surface area contributed by atoms with Crippen LogP contribution in [0.3, 0.4) is 0 Å². The summed E-state index contributed by atoms with van der Waals surface area (Å²) < 4.78 is 11.4. The van der Waals surface area contributed by atoms with Crippen molar-refractivity contribution < 1.29 is 24.2 Å². The van der Waals surface area contributed by atoms with Gasteiger partial charge >= 0.3 is 0 Å². The first-order chi connectivity index (χ1) is 15.9. The van der Waals surface area contributed by atoms with Crippen LogP contribution in [0.25, 0.3) is 5.76 Å². The summed E-state index contributed by atoms with van der Waals surface area (Å²) >= 11 is 0. The van der Waals surface area contributed by atoms with Crippen LogP contribution in [0.1, 0.15) is 63.6 Å². The van der Waals surface area contributed by atoms with Crippen LogP contribution < -0.4 is 9.47 Å². The molecule has 1 saturated carbocycles. The number of carbonyl (C=O) groups excluding carboxylic acids is 2. The molecule has 0 bridgehead atoms. The summed E-state index contributed by atoms with van der Waals surface area (Å²) in [5, 5.41) is 11.3. The number of hydrogen-bond acceptors (Lipinski definition) is 5. The first-order valence-electron chi connectivity index (χ1n) is 11.7. The van der Waals surface area contributed by atoms with E-state index >= 15 is 0 Å². The Balaban J connectivity index is 1.85. The number of aliphatic hydroxyl groups excluding tert-OH is 1. The van der Waals surface area contributed by atoms with Gasteiger partial charge in [-0.2, -0.15) is 0 Å². The summed E-state index contributed by atoms with van der Waals surface area (Å²) in [6.45, 7) is 6.26.